The van der Waals surface area contributed by atoms with Gasteiger partial charge in [0.05, 0.1) is 17.3 Å². The molecule has 0 amide bonds. The summed E-state index contributed by atoms with van der Waals surface area (Å²) in [4.78, 5) is 17.3. The highest BCUT2D eigenvalue weighted by Crippen LogP contribution is 2.35. The minimum Gasteiger partial charge on any atom is -0.462 e. The van der Waals surface area contributed by atoms with Crippen LogP contribution in [0.3, 0.4) is 0 Å². The van der Waals surface area contributed by atoms with Crippen molar-refractivity contribution >= 4 is 28.0 Å². The van der Waals surface area contributed by atoms with Crippen molar-refractivity contribution in [2.45, 2.75) is 25.8 Å². The fourth-order valence-corrected chi connectivity index (χ4v) is 4.10. The Labute approximate surface area is 123 Å². The SMILES string of the molecule is CCOC(=O)c1sc(N2CCN3CCCC3C2)cc1N. The van der Waals surface area contributed by atoms with Crippen molar-refractivity contribution in [2.24, 2.45) is 0 Å². The maximum atomic E-state index is 11.8. The van der Waals surface area contributed by atoms with Crippen LogP contribution in [0.25, 0.3) is 0 Å². The molecule has 0 saturated carbocycles. The number of nitrogens with zero attached hydrogens (tertiary/aromatic N) is 2. The maximum absolute atomic E-state index is 11.8. The molecule has 0 bridgehead atoms. The van der Waals surface area contributed by atoms with E-state index in [-0.39, 0.29) is 5.97 Å². The van der Waals surface area contributed by atoms with Gasteiger partial charge < -0.3 is 15.4 Å². The predicted molar refractivity (Wildman–Crippen MR) is 81.5 cm³/mol. The molecule has 2 aliphatic heterocycles. The fourth-order valence-electron chi connectivity index (χ4n) is 3.09. The summed E-state index contributed by atoms with van der Waals surface area (Å²) in [6.45, 7) is 6.59. The number of anilines is 2. The van der Waals surface area contributed by atoms with Gasteiger partial charge in [-0.15, -0.1) is 11.3 Å². The number of ether oxygens (including phenoxy) is 1. The van der Waals surface area contributed by atoms with Crippen molar-refractivity contribution in [1.82, 2.24) is 4.90 Å². The van der Waals surface area contributed by atoms with E-state index >= 15 is 0 Å². The molecular formula is C14H21N3O2S. The number of carbonyl (C=O) groups is 1. The van der Waals surface area contributed by atoms with Crippen LogP contribution in [0.4, 0.5) is 10.7 Å². The van der Waals surface area contributed by atoms with Crippen LogP contribution < -0.4 is 10.6 Å². The summed E-state index contributed by atoms with van der Waals surface area (Å²) >= 11 is 1.46. The van der Waals surface area contributed by atoms with Crippen molar-refractivity contribution in [1.29, 1.82) is 0 Å². The van der Waals surface area contributed by atoms with Gasteiger partial charge in [-0.1, -0.05) is 0 Å². The number of hydrogen-bond donors (Lipinski definition) is 1. The molecule has 1 unspecified atom stereocenters. The Balaban J connectivity index is 1.74. The number of thiophene rings is 1. The number of carbonyl (C=O) groups excluding carboxylic acids is 1. The molecule has 110 valence electrons. The van der Waals surface area contributed by atoms with Crippen LogP contribution in [-0.4, -0.2) is 49.7 Å². The molecule has 2 saturated heterocycles. The normalized spacial score (nSPS) is 22.9. The first-order chi connectivity index (χ1) is 9.69. The van der Waals surface area contributed by atoms with E-state index in [4.69, 9.17) is 10.5 Å². The molecule has 6 heteroatoms. The Kier molecular flexibility index (Phi) is 3.85. The third-order valence-electron chi connectivity index (χ3n) is 4.11. The monoisotopic (exact) mass is 295 g/mol. The molecule has 1 aromatic rings. The molecule has 0 aliphatic carbocycles. The predicted octanol–water partition coefficient (Wildman–Crippen LogP) is 1.79. The standard InChI is InChI=1S/C14H21N3O2S/c1-2-19-14(18)13-11(15)8-12(20-13)17-7-6-16-5-3-4-10(16)9-17/h8,10H,2-7,9,15H2,1H3. The number of hydrogen-bond acceptors (Lipinski definition) is 6. The van der Waals surface area contributed by atoms with Crippen LogP contribution in [0.1, 0.15) is 29.4 Å². The van der Waals surface area contributed by atoms with Crippen LogP contribution in [0.15, 0.2) is 6.07 Å². The fraction of sp³-hybridized carbons (Fsp3) is 0.643. The Morgan fingerprint density at radius 2 is 2.35 bits per heavy atom. The van der Waals surface area contributed by atoms with E-state index in [1.165, 1.54) is 30.7 Å². The number of esters is 1. The number of fused-ring (bicyclic) bond motifs is 1. The zero-order chi connectivity index (χ0) is 14.1. The van der Waals surface area contributed by atoms with Crippen LogP contribution in [0.2, 0.25) is 0 Å². The molecule has 5 nitrogen and oxygen atoms in total. The van der Waals surface area contributed by atoms with Crippen LogP contribution in [0.5, 0.6) is 0 Å². The zero-order valence-electron chi connectivity index (χ0n) is 11.8. The van der Waals surface area contributed by atoms with Crippen molar-refractivity contribution in [3.8, 4) is 0 Å². The smallest absolute Gasteiger partial charge is 0.350 e. The summed E-state index contributed by atoms with van der Waals surface area (Å²) in [5.41, 5.74) is 6.50. The number of nitrogen functional groups attached to an aromatic ring is 1. The lowest BCUT2D eigenvalue weighted by Gasteiger charge is -2.38. The van der Waals surface area contributed by atoms with Gasteiger partial charge in [0.1, 0.15) is 4.88 Å². The average Bonchev–Trinajstić information content (AvgIpc) is 3.04. The lowest BCUT2D eigenvalue weighted by atomic mass is 10.1. The van der Waals surface area contributed by atoms with Gasteiger partial charge in [-0.2, -0.15) is 0 Å². The second-order valence-corrected chi connectivity index (χ2v) is 6.40. The molecule has 1 aromatic heterocycles. The van der Waals surface area contributed by atoms with Gasteiger partial charge >= 0.3 is 5.97 Å². The van der Waals surface area contributed by atoms with E-state index in [2.05, 4.69) is 9.80 Å². The molecule has 0 spiro atoms. The number of piperazine rings is 1. The molecule has 2 N–H and O–H groups in total. The molecular weight excluding hydrogens is 274 g/mol. The van der Waals surface area contributed by atoms with Gasteiger partial charge in [0.2, 0.25) is 0 Å². The van der Waals surface area contributed by atoms with Gasteiger partial charge in [-0.3, -0.25) is 4.90 Å². The third-order valence-corrected chi connectivity index (χ3v) is 5.30. The summed E-state index contributed by atoms with van der Waals surface area (Å²) in [5, 5.41) is 1.09. The van der Waals surface area contributed by atoms with E-state index in [1.54, 1.807) is 0 Å². The topological polar surface area (TPSA) is 58.8 Å². The molecule has 0 radical (unpaired) electrons. The summed E-state index contributed by atoms with van der Waals surface area (Å²) in [5.74, 6) is -0.305. The van der Waals surface area contributed by atoms with Crippen molar-refractivity contribution in [3.05, 3.63) is 10.9 Å². The van der Waals surface area contributed by atoms with E-state index < -0.39 is 0 Å². The third kappa shape index (κ3) is 2.50. The second kappa shape index (κ2) is 5.61. The Bertz CT molecular complexity index is 503. The van der Waals surface area contributed by atoms with E-state index in [9.17, 15) is 4.79 Å². The zero-order valence-corrected chi connectivity index (χ0v) is 12.6. The molecule has 2 aliphatic rings. The average molecular weight is 295 g/mol. The Morgan fingerprint density at radius 3 is 3.15 bits per heavy atom. The van der Waals surface area contributed by atoms with Gasteiger partial charge in [0, 0.05) is 25.7 Å². The Morgan fingerprint density at radius 1 is 1.50 bits per heavy atom. The van der Waals surface area contributed by atoms with Gasteiger partial charge in [0.15, 0.2) is 0 Å². The van der Waals surface area contributed by atoms with Gasteiger partial charge in [-0.25, -0.2) is 4.79 Å². The molecule has 3 rings (SSSR count). The molecule has 3 heterocycles. The Hall–Kier alpha value is -1.27. The highest BCUT2D eigenvalue weighted by Gasteiger charge is 2.31. The minimum absolute atomic E-state index is 0.305. The summed E-state index contributed by atoms with van der Waals surface area (Å²) in [6, 6.07) is 2.58. The van der Waals surface area contributed by atoms with Crippen LogP contribution in [0, 0.1) is 0 Å². The maximum Gasteiger partial charge on any atom is 0.350 e. The van der Waals surface area contributed by atoms with Crippen LogP contribution >= 0.6 is 11.3 Å². The summed E-state index contributed by atoms with van der Waals surface area (Å²) in [7, 11) is 0. The lowest BCUT2D eigenvalue weighted by molar-refractivity contribution is 0.0533. The molecule has 0 aromatic carbocycles. The molecule has 1 atom stereocenters. The first-order valence-corrected chi connectivity index (χ1v) is 8.06. The van der Waals surface area contributed by atoms with E-state index in [0.717, 1.165) is 24.6 Å². The van der Waals surface area contributed by atoms with E-state index in [1.807, 2.05) is 13.0 Å². The van der Waals surface area contributed by atoms with Crippen molar-refractivity contribution < 1.29 is 9.53 Å². The summed E-state index contributed by atoms with van der Waals surface area (Å²) in [6.07, 6.45) is 2.58. The first-order valence-electron chi connectivity index (χ1n) is 7.24. The summed E-state index contributed by atoms with van der Waals surface area (Å²) < 4.78 is 5.04. The second-order valence-electron chi connectivity index (χ2n) is 5.37. The number of rotatable bonds is 3. The van der Waals surface area contributed by atoms with Gasteiger partial charge in [-0.05, 0) is 32.4 Å². The highest BCUT2D eigenvalue weighted by molar-refractivity contribution is 7.18. The molecule has 2 fully saturated rings. The van der Waals surface area contributed by atoms with Gasteiger partial charge in [0.25, 0.3) is 0 Å². The van der Waals surface area contributed by atoms with Crippen LogP contribution in [-0.2, 0) is 4.74 Å². The molecule has 20 heavy (non-hydrogen) atoms. The lowest BCUT2D eigenvalue weighted by Crippen LogP contribution is -2.49. The van der Waals surface area contributed by atoms with E-state index in [0.29, 0.717) is 23.2 Å². The largest absolute Gasteiger partial charge is 0.462 e. The highest BCUT2D eigenvalue weighted by atomic mass is 32.1. The number of nitrogens with two attached hydrogens (primary N) is 1. The quantitative estimate of drug-likeness (QED) is 0.862. The minimum atomic E-state index is -0.305. The first kappa shape index (κ1) is 13.7. The van der Waals surface area contributed by atoms with Crippen molar-refractivity contribution in [2.75, 3.05) is 43.4 Å². The van der Waals surface area contributed by atoms with Crippen molar-refractivity contribution in [3.63, 3.8) is 0 Å².